The number of para-hydroxylation sites is 1. The molecule has 5 heteroatoms. The molecule has 0 bridgehead atoms. The maximum absolute atomic E-state index is 12.2. The lowest BCUT2D eigenvalue weighted by molar-refractivity contribution is -0.125. The zero-order chi connectivity index (χ0) is 19.9. The molecule has 5 nitrogen and oxygen atoms in total. The SMILES string of the molecule is Cc1cccc(C)c1NC(=O)CNC(=O)CN1CC=C(c2ccccc2)CC1. The summed E-state index contributed by atoms with van der Waals surface area (Å²) in [4.78, 5) is 26.5. The zero-order valence-corrected chi connectivity index (χ0v) is 16.5. The molecular weight excluding hydrogens is 350 g/mol. The second-order valence-electron chi connectivity index (χ2n) is 7.17. The number of hydrogen-bond donors (Lipinski definition) is 2. The molecule has 0 radical (unpaired) electrons. The number of benzene rings is 2. The molecule has 0 fully saturated rings. The third kappa shape index (κ3) is 5.30. The lowest BCUT2D eigenvalue weighted by atomic mass is 10.00. The summed E-state index contributed by atoms with van der Waals surface area (Å²) >= 11 is 0. The number of nitrogens with zero attached hydrogens (tertiary/aromatic N) is 1. The van der Waals surface area contributed by atoms with Crippen LogP contribution in [0.3, 0.4) is 0 Å². The summed E-state index contributed by atoms with van der Waals surface area (Å²) in [6, 6.07) is 16.2. The standard InChI is InChI=1S/C23H27N3O2/c1-17-7-6-8-18(2)23(17)25-21(27)15-24-22(28)16-26-13-11-20(12-14-26)19-9-4-3-5-10-19/h3-11H,12-16H2,1-2H3,(H,24,28)(H,25,27). The first-order valence-electron chi connectivity index (χ1n) is 9.62. The topological polar surface area (TPSA) is 61.4 Å². The van der Waals surface area contributed by atoms with E-state index in [9.17, 15) is 9.59 Å². The molecule has 3 rings (SSSR count). The normalized spacial score (nSPS) is 14.3. The van der Waals surface area contributed by atoms with Crippen molar-refractivity contribution in [2.75, 3.05) is 31.5 Å². The van der Waals surface area contributed by atoms with Gasteiger partial charge in [0.25, 0.3) is 0 Å². The molecule has 2 aromatic rings. The van der Waals surface area contributed by atoms with Crippen molar-refractivity contribution < 1.29 is 9.59 Å². The van der Waals surface area contributed by atoms with Crippen LogP contribution in [0.5, 0.6) is 0 Å². The molecule has 146 valence electrons. The van der Waals surface area contributed by atoms with Gasteiger partial charge in [-0.05, 0) is 42.5 Å². The van der Waals surface area contributed by atoms with Crippen molar-refractivity contribution in [1.82, 2.24) is 10.2 Å². The molecule has 0 aromatic heterocycles. The second-order valence-corrected chi connectivity index (χ2v) is 7.17. The van der Waals surface area contributed by atoms with Crippen molar-refractivity contribution in [2.45, 2.75) is 20.3 Å². The fraction of sp³-hybridized carbons (Fsp3) is 0.304. The number of amides is 2. The Bertz CT molecular complexity index is 854. The third-order valence-electron chi connectivity index (χ3n) is 5.00. The molecule has 1 aliphatic heterocycles. The molecule has 2 aromatic carbocycles. The first kappa shape index (κ1) is 19.8. The Morgan fingerprint density at radius 3 is 2.32 bits per heavy atom. The summed E-state index contributed by atoms with van der Waals surface area (Å²) in [6.07, 6.45) is 3.10. The minimum absolute atomic E-state index is 0.0223. The van der Waals surface area contributed by atoms with Crippen LogP contribution in [0.4, 0.5) is 5.69 Å². The monoisotopic (exact) mass is 377 g/mol. The van der Waals surface area contributed by atoms with E-state index in [1.807, 2.05) is 50.2 Å². The van der Waals surface area contributed by atoms with Crippen LogP contribution < -0.4 is 10.6 Å². The highest BCUT2D eigenvalue weighted by Crippen LogP contribution is 2.22. The first-order chi connectivity index (χ1) is 13.5. The number of hydrogen-bond acceptors (Lipinski definition) is 3. The molecule has 1 aliphatic rings. The molecular formula is C23H27N3O2. The number of aryl methyl sites for hydroxylation is 2. The lowest BCUT2D eigenvalue weighted by Crippen LogP contribution is -2.41. The average Bonchev–Trinajstić information content (AvgIpc) is 2.70. The Morgan fingerprint density at radius 2 is 1.68 bits per heavy atom. The van der Waals surface area contributed by atoms with E-state index in [0.717, 1.165) is 36.3 Å². The number of rotatable bonds is 6. The van der Waals surface area contributed by atoms with E-state index in [1.165, 1.54) is 11.1 Å². The maximum Gasteiger partial charge on any atom is 0.243 e. The maximum atomic E-state index is 12.2. The smallest absolute Gasteiger partial charge is 0.243 e. The number of carbonyl (C=O) groups excluding carboxylic acids is 2. The van der Waals surface area contributed by atoms with Crippen LogP contribution in [-0.4, -0.2) is 42.9 Å². The van der Waals surface area contributed by atoms with E-state index in [-0.39, 0.29) is 18.4 Å². The van der Waals surface area contributed by atoms with Gasteiger partial charge >= 0.3 is 0 Å². The summed E-state index contributed by atoms with van der Waals surface area (Å²) in [5.74, 6) is -0.344. The van der Waals surface area contributed by atoms with E-state index in [1.54, 1.807) is 0 Å². The number of nitrogens with one attached hydrogen (secondary N) is 2. The highest BCUT2D eigenvalue weighted by molar-refractivity contribution is 5.95. The minimum Gasteiger partial charge on any atom is -0.346 e. The van der Waals surface area contributed by atoms with Gasteiger partial charge in [0.15, 0.2) is 0 Å². The zero-order valence-electron chi connectivity index (χ0n) is 16.5. The van der Waals surface area contributed by atoms with Gasteiger partial charge in [0.05, 0.1) is 13.1 Å². The predicted molar refractivity (Wildman–Crippen MR) is 113 cm³/mol. The van der Waals surface area contributed by atoms with Crippen molar-refractivity contribution >= 4 is 23.1 Å². The molecule has 1 heterocycles. The van der Waals surface area contributed by atoms with E-state index in [4.69, 9.17) is 0 Å². The highest BCUT2D eigenvalue weighted by atomic mass is 16.2. The van der Waals surface area contributed by atoms with E-state index >= 15 is 0 Å². The summed E-state index contributed by atoms with van der Waals surface area (Å²) < 4.78 is 0. The van der Waals surface area contributed by atoms with Gasteiger partial charge < -0.3 is 10.6 Å². The summed E-state index contributed by atoms with van der Waals surface area (Å²) in [7, 11) is 0. The Hall–Kier alpha value is -2.92. The fourth-order valence-electron chi connectivity index (χ4n) is 3.40. The Balaban J connectivity index is 1.44. The summed E-state index contributed by atoms with van der Waals surface area (Å²) in [5.41, 5.74) is 5.40. The van der Waals surface area contributed by atoms with Crippen molar-refractivity contribution in [2.24, 2.45) is 0 Å². The first-order valence-corrected chi connectivity index (χ1v) is 9.62. The highest BCUT2D eigenvalue weighted by Gasteiger charge is 2.16. The van der Waals surface area contributed by atoms with Gasteiger partial charge in [0, 0.05) is 18.8 Å². The van der Waals surface area contributed by atoms with E-state index < -0.39 is 0 Å². The van der Waals surface area contributed by atoms with Gasteiger partial charge in [-0.2, -0.15) is 0 Å². The van der Waals surface area contributed by atoms with Crippen LogP contribution in [0.25, 0.3) is 5.57 Å². The summed E-state index contributed by atoms with van der Waals surface area (Å²) in [6.45, 7) is 5.76. The molecule has 0 unspecified atom stereocenters. The van der Waals surface area contributed by atoms with E-state index in [0.29, 0.717) is 6.54 Å². The van der Waals surface area contributed by atoms with Crippen LogP contribution in [0.1, 0.15) is 23.1 Å². The molecule has 2 amide bonds. The number of anilines is 1. The van der Waals surface area contributed by atoms with Crippen LogP contribution >= 0.6 is 0 Å². The molecule has 0 saturated carbocycles. The van der Waals surface area contributed by atoms with Crippen molar-refractivity contribution in [3.8, 4) is 0 Å². The van der Waals surface area contributed by atoms with Gasteiger partial charge in [0.2, 0.25) is 11.8 Å². The Labute approximate surface area is 166 Å². The molecule has 0 saturated heterocycles. The fourth-order valence-corrected chi connectivity index (χ4v) is 3.40. The van der Waals surface area contributed by atoms with E-state index in [2.05, 4.69) is 33.7 Å². The number of carbonyl (C=O) groups is 2. The van der Waals surface area contributed by atoms with Gasteiger partial charge in [-0.3, -0.25) is 14.5 Å². The second kappa shape index (κ2) is 9.33. The van der Waals surface area contributed by atoms with Crippen LogP contribution in [0.2, 0.25) is 0 Å². The lowest BCUT2D eigenvalue weighted by Gasteiger charge is -2.25. The molecule has 0 atom stereocenters. The molecule has 28 heavy (non-hydrogen) atoms. The van der Waals surface area contributed by atoms with Crippen molar-refractivity contribution in [1.29, 1.82) is 0 Å². The minimum atomic E-state index is -0.212. The van der Waals surface area contributed by atoms with Gasteiger partial charge in [-0.1, -0.05) is 54.6 Å². The third-order valence-corrected chi connectivity index (χ3v) is 5.00. The average molecular weight is 377 g/mol. The van der Waals surface area contributed by atoms with Crippen LogP contribution in [-0.2, 0) is 9.59 Å². The quantitative estimate of drug-likeness (QED) is 0.813. The van der Waals surface area contributed by atoms with Gasteiger partial charge in [-0.25, -0.2) is 0 Å². The molecule has 0 spiro atoms. The largest absolute Gasteiger partial charge is 0.346 e. The molecule has 0 aliphatic carbocycles. The van der Waals surface area contributed by atoms with Crippen LogP contribution in [0, 0.1) is 13.8 Å². The van der Waals surface area contributed by atoms with Crippen molar-refractivity contribution in [3.05, 3.63) is 71.3 Å². The van der Waals surface area contributed by atoms with Crippen molar-refractivity contribution in [3.63, 3.8) is 0 Å². The van der Waals surface area contributed by atoms with Gasteiger partial charge in [-0.15, -0.1) is 0 Å². The molecule has 2 N–H and O–H groups in total. The summed E-state index contributed by atoms with van der Waals surface area (Å²) in [5, 5.41) is 5.60. The Kier molecular flexibility index (Phi) is 6.61. The van der Waals surface area contributed by atoms with Gasteiger partial charge in [0.1, 0.15) is 0 Å². The predicted octanol–water partition coefficient (Wildman–Crippen LogP) is 3.15. The van der Waals surface area contributed by atoms with Crippen LogP contribution in [0.15, 0.2) is 54.6 Å². The Morgan fingerprint density at radius 1 is 0.964 bits per heavy atom.